The van der Waals surface area contributed by atoms with E-state index in [9.17, 15) is 8.78 Å². The summed E-state index contributed by atoms with van der Waals surface area (Å²) in [7, 11) is 0. The standard InChI is InChI=1S/C15H12F2O3/c1-8-5-11(16)15(14(17)9(8)2)20-10-3-4-12-13(6-10)19-7-18-12/h3-6H,7H2,1-2H3. The fourth-order valence-electron chi connectivity index (χ4n) is 1.96. The lowest BCUT2D eigenvalue weighted by Crippen LogP contribution is -1.97. The Morgan fingerprint density at radius 3 is 2.60 bits per heavy atom. The van der Waals surface area contributed by atoms with Crippen LogP contribution in [0.5, 0.6) is 23.0 Å². The molecule has 20 heavy (non-hydrogen) atoms. The second-order valence-corrected chi connectivity index (χ2v) is 4.56. The summed E-state index contributed by atoms with van der Waals surface area (Å²) < 4.78 is 43.6. The number of ether oxygens (including phenoxy) is 3. The Hall–Kier alpha value is -2.30. The number of rotatable bonds is 2. The van der Waals surface area contributed by atoms with E-state index in [0.717, 1.165) is 0 Å². The minimum absolute atomic E-state index is 0.130. The first-order valence-corrected chi connectivity index (χ1v) is 6.09. The first-order chi connectivity index (χ1) is 9.56. The Kier molecular flexibility index (Phi) is 2.97. The van der Waals surface area contributed by atoms with Crippen molar-refractivity contribution in [3.8, 4) is 23.0 Å². The quantitative estimate of drug-likeness (QED) is 0.827. The van der Waals surface area contributed by atoms with E-state index in [-0.39, 0.29) is 12.5 Å². The maximum Gasteiger partial charge on any atom is 0.231 e. The molecule has 0 unspecified atom stereocenters. The van der Waals surface area contributed by atoms with Crippen LogP contribution in [0.2, 0.25) is 0 Å². The van der Waals surface area contributed by atoms with Gasteiger partial charge in [-0.3, -0.25) is 0 Å². The van der Waals surface area contributed by atoms with Crippen LogP contribution in [0.15, 0.2) is 24.3 Å². The number of aryl methyl sites for hydroxylation is 1. The molecule has 5 heteroatoms. The molecule has 2 aromatic carbocycles. The molecule has 0 amide bonds. The van der Waals surface area contributed by atoms with Crippen molar-refractivity contribution in [3.05, 3.63) is 47.0 Å². The lowest BCUT2D eigenvalue weighted by atomic mass is 10.1. The molecule has 1 aliphatic rings. The van der Waals surface area contributed by atoms with Crippen molar-refractivity contribution in [2.75, 3.05) is 6.79 Å². The average Bonchev–Trinajstić information content (AvgIpc) is 2.88. The predicted molar refractivity (Wildman–Crippen MR) is 68.5 cm³/mol. The highest BCUT2D eigenvalue weighted by atomic mass is 19.1. The van der Waals surface area contributed by atoms with Crippen molar-refractivity contribution in [1.29, 1.82) is 0 Å². The van der Waals surface area contributed by atoms with Gasteiger partial charge in [-0.2, -0.15) is 0 Å². The molecule has 2 aromatic rings. The molecule has 1 aliphatic heterocycles. The molecular weight excluding hydrogens is 266 g/mol. The van der Waals surface area contributed by atoms with Crippen LogP contribution in [0, 0.1) is 25.5 Å². The third-order valence-corrected chi connectivity index (χ3v) is 3.24. The van der Waals surface area contributed by atoms with Gasteiger partial charge in [0.1, 0.15) is 5.75 Å². The van der Waals surface area contributed by atoms with E-state index in [1.165, 1.54) is 12.1 Å². The topological polar surface area (TPSA) is 27.7 Å². The van der Waals surface area contributed by atoms with Gasteiger partial charge >= 0.3 is 0 Å². The molecule has 0 N–H and O–H groups in total. The maximum atomic E-state index is 14.1. The first-order valence-electron chi connectivity index (χ1n) is 6.09. The Morgan fingerprint density at radius 1 is 1.05 bits per heavy atom. The minimum Gasteiger partial charge on any atom is -0.454 e. The predicted octanol–water partition coefficient (Wildman–Crippen LogP) is 4.10. The van der Waals surface area contributed by atoms with E-state index >= 15 is 0 Å². The summed E-state index contributed by atoms with van der Waals surface area (Å²) in [6.07, 6.45) is 0. The lowest BCUT2D eigenvalue weighted by molar-refractivity contribution is 0.174. The third kappa shape index (κ3) is 2.05. The van der Waals surface area contributed by atoms with Gasteiger partial charge in [0.25, 0.3) is 0 Å². The second-order valence-electron chi connectivity index (χ2n) is 4.56. The average molecular weight is 278 g/mol. The third-order valence-electron chi connectivity index (χ3n) is 3.24. The zero-order chi connectivity index (χ0) is 14.3. The van der Waals surface area contributed by atoms with Gasteiger partial charge in [-0.15, -0.1) is 0 Å². The highest BCUT2D eigenvalue weighted by Gasteiger charge is 2.18. The van der Waals surface area contributed by atoms with Crippen molar-refractivity contribution in [2.45, 2.75) is 13.8 Å². The van der Waals surface area contributed by atoms with Gasteiger partial charge in [0.05, 0.1) is 0 Å². The summed E-state index contributed by atoms with van der Waals surface area (Å²) in [5, 5.41) is 0. The van der Waals surface area contributed by atoms with Crippen molar-refractivity contribution in [3.63, 3.8) is 0 Å². The van der Waals surface area contributed by atoms with Crippen LogP contribution >= 0.6 is 0 Å². The number of fused-ring (bicyclic) bond motifs is 1. The summed E-state index contributed by atoms with van der Waals surface area (Å²) in [5.74, 6) is -0.476. The molecule has 3 nitrogen and oxygen atoms in total. The minimum atomic E-state index is -0.733. The van der Waals surface area contributed by atoms with Crippen molar-refractivity contribution in [1.82, 2.24) is 0 Å². The lowest BCUT2D eigenvalue weighted by Gasteiger charge is -2.11. The van der Waals surface area contributed by atoms with Gasteiger partial charge in [-0.05, 0) is 43.2 Å². The van der Waals surface area contributed by atoms with Crippen LogP contribution < -0.4 is 14.2 Å². The van der Waals surface area contributed by atoms with Gasteiger partial charge < -0.3 is 14.2 Å². The van der Waals surface area contributed by atoms with Crippen LogP contribution in [0.4, 0.5) is 8.78 Å². The Morgan fingerprint density at radius 2 is 1.80 bits per heavy atom. The highest BCUT2D eigenvalue weighted by molar-refractivity contribution is 5.48. The molecule has 0 radical (unpaired) electrons. The number of benzene rings is 2. The van der Waals surface area contributed by atoms with Crippen LogP contribution in [0.3, 0.4) is 0 Å². The first kappa shape index (κ1) is 12.7. The zero-order valence-corrected chi connectivity index (χ0v) is 11.0. The summed E-state index contributed by atoms with van der Waals surface area (Å²) in [6.45, 7) is 3.35. The smallest absolute Gasteiger partial charge is 0.231 e. The SMILES string of the molecule is Cc1cc(F)c(Oc2ccc3c(c2)OCO3)c(F)c1C. The number of halogens is 2. The maximum absolute atomic E-state index is 14.1. The monoisotopic (exact) mass is 278 g/mol. The van der Waals surface area contributed by atoms with E-state index in [0.29, 0.717) is 22.6 Å². The molecule has 0 fully saturated rings. The van der Waals surface area contributed by atoms with E-state index in [1.807, 2.05) is 0 Å². The van der Waals surface area contributed by atoms with E-state index < -0.39 is 17.4 Å². The van der Waals surface area contributed by atoms with Gasteiger partial charge in [0, 0.05) is 6.07 Å². The van der Waals surface area contributed by atoms with Crippen molar-refractivity contribution < 1.29 is 23.0 Å². The molecule has 0 saturated carbocycles. The Balaban J connectivity index is 1.97. The van der Waals surface area contributed by atoms with Gasteiger partial charge in [-0.1, -0.05) is 0 Å². The van der Waals surface area contributed by atoms with E-state index in [1.54, 1.807) is 26.0 Å². The number of hydrogen-bond donors (Lipinski definition) is 0. The van der Waals surface area contributed by atoms with Gasteiger partial charge in [0.2, 0.25) is 6.79 Å². The fraction of sp³-hybridized carbons (Fsp3) is 0.200. The van der Waals surface area contributed by atoms with E-state index in [4.69, 9.17) is 14.2 Å². The summed E-state index contributed by atoms with van der Waals surface area (Å²) in [5.41, 5.74) is 0.903. The largest absolute Gasteiger partial charge is 0.454 e. The Bertz CT molecular complexity index is 683. The molecule has 0 spiro atoms. The summed E-state index contributed by atoms with van der Waals surface area (Å²) in [4.78, 5) is 0. The van der Waals surface area contributed by atoms with Crippen LogP contribution in [-0.4, -0.2) is 6.79 Å². The van der Waals surface area contributed by atoms with Crippen molar-refractivity contribution >= 4 is 0 Å². The second kappa shape index (κ2) is 4.67. The molecule has 0 aromatic heterocycles. The highest BCUT2D eigenvalue weighted by Crippen LogP contribution is 2.38. The number of hydrogen-bond acceptors (Lipinski definition) is 3. The molecule has 1 heterocycles. The Labute approximate surface area is 114 Å². The van der Waals surface area contributed by atoms with Crippen molar-refractivity contribution in [2.24, 2.45) is 0 Å². The van der Waals surface area contributed by atoms with Crippen LogP contribution in [0.1, 0.15) is 11.1 Å². The molecule has 3 rings (SSSR count). The molecule has 104 valence electrons. The van der Waals surface area contributed by atoms with E-state index in [2.05, 4.69) is 0 Å². The summed E-state index contributed by atoms with van der Waals surface area (Å²) >= 11 is 0. The molecule has 0 atom stereocenters. The molecule has 0 saturated heterocycles. The van der Waals surface area contributed by atoms with Crippen LogP contribution in [-0.2, 0) is 0 Å². The fourth-order valence-corrected chi connectivity index (χ4v) is 1.96. The molecule has 0 bridgehead atoms. The van der Waals surface area contributed by atoms with Gasteiger partial charge in [-0.25, -0.2) is 8.78 Å². The zero-order valence-electron chi connectivity index (χ0n) is 11.0. The summed E-state index contributed by atoms with van der Waals surface area (Å²) in [6, 6.07) is 5.99. The molecule has 0 aliphatic carbocycles. The van der Waals surface area contributed by atoms with Gasteiger partial charge in [0.15, 0.2) is 28.9 Å². The van der Waals surface area contributed by atoms with Crippen LogP contribution in [0.25, 0.3) is 0 Å². The molecular formula is C15H12F2O3. The normalized spacial score (nSPS) is 12.6.